The van der Waals surface area contributed by atoms with E-state index in [9.17, 15) is 0 Å². The van der Waals surface area contributed by atoms with Crippen LogP contribution in [0.5, 0.6) is 0 Å². The molecule has 0 aliphatic heterocycles. The monoisotopic (exact) mass is 171 g/mol. The summed E-state index contributed by atoms with van der Waals surface area (Å²) in [5, 5.41) is 0. The van der Waals surface area contributed by atoms with Gasteiger partial charge in [0.15, 0.2) is 0 Å². The van der Waals surface area contributed by atoms with Crippen molar-refractivity contribution in [2.75, 3.05) is 20.3 Å². The van der Waals surface area contributed by atoms with E-state index >= 15 is 0 Å². The smallest absolute Gasteiger partial charge is 0.0493 e. The summed E-state index contributed by atoms with van der Waals surface area (Å²) in [6, 6.07) is 0. The molecular weight excluding hydrogens is 150 g/mol. The van der Waals surface area contributed by atoms with Crippen LogP contribution in [0.1, 0.15) is 32.6 Å². The van der Waals surface area contributed by atoms with Crippen molar-refractivity contribution in [3.63, 3.8) is 0 Å². The van der Waals surface area contributed by atoms with E-state index in [0.717, 1.165) is 13.2 Å². The summed E-state index contributed by atoms with van der Waals surface area (Å²) < 4.78 is 5.19. The van der Waals surface area contributed by atoms with Crippen LogP contribution in [0.4, 0.5) is 0 Å². The van der Waals surface area contributed by atoms with E-state index in [-0.39, 0.29) is 0 Å². The van der Waals surface area contributed by atoms with Crippen molar-refractivity contribution in [3.05, 3.63) is 0 Å². The second kappa shape index (κ2) is 4.24. The van der Waals surface area contributed by atoms with Crippen LogP contribution in [0.3, 0.4) is 0 Å². The van der Waals surface area contributed by atoms with Gasteiger partial charge in [0.1, 0.15) is 0 Å². The average molecular weight is 171 g/mol. The molecule has 0 aromatic carbocycles. The minimum atomic E-state index is 0.399. The van der Waals surface area contributed by atoms with Gasteiger partial charge in [0, 0.05) is 13.7 Å². The summed E-state index contributed by atoms with van der Waals surface area (Å²) in [5.74, 6) is 0.620. The van der Waals surface area contributed by atoms with Crippen LogP contribution in [-0.2, 0) is 4.74 Å². The lowest BCUT2D eigenvalue weighted by molar-refractivity contribution is 0.0782. The van der Waals surface area contributed by atoms with Crippen LogP contribution in [0.25, 0.3) is 0 Å². The van der Waals surface area contributed by atoms with Crippen molar-refractivity contribution in [1.82, 2.24) is 0 Å². The molecule has 0 radical (unpaired) electrons. The van der Waals surface area contributed by atoms with Crippen molar-refractivity contribution in [1.29, 1.82) is 0 Å². The molecule has 0 spiro atoms. The van der Waals surface area contributed by atoms with Crippen molar-refractivity contribution in [3.8, 4) is 0 Å². The summed E-state index contributed by atoms with van der Waals surface area (Å²) in [6.45, 7) is 3.95. The third-order valence-electron chi connectivity index (χ3n) is 3.47. The van der Waals surface area contributed by atoms with E-state index in [1.54, 1.807) is 7.11 Å². The first-order chi connectivity index (χ1) is 5.75. The summed E-state index contributed by atoms with van der Waals surface area (Å²) in [5.41, 5.74) is 6.24. The number of hydrogen-bond acceptors (Lipinski definition) is 2. The molecule has 1 saturated carbocycles. The average Bonchev–Trinajstić information content (AvgIpc) is 2.54. The van der Waals surface area contributed by atoms with Crippen LogP contribution < -0.4 is 5.73 Å². The maximum absolute atomic E-state index is 5.84. The van der Waals surface area contributed by atoms with Gasteiger partial charge in [0.25, 0.3) is 0 Å². The van der Waals surface area contributed by atoms with Crippen molar-refractivity contribution >= 4 is 0 Å². The first kappa shape index (κ1) is 10.0. The second-order valence-corrected chi connectivity index (χ2v) is 4.13. The highest BCUT2D eigenvalue weighted by molar-refractivity contribution is 4.89. The molecule has 1 rings (SSSR count). The third kappa shape index (κ3) is 1.80. The highest BCUT2D eigenvalue weighted by Gasteiger charge is 2.37. The summed E-state index contributed by atoms with van der Waals surface area (Å²) in [4.78, 5) is 0. The highest BCUT2D eigenvalue weighted by Crippen LogP contribution is 2.43. The second-order valence-electron chi connectivity index (χ2n) is 4.13. The van der Waals surface area contributed by atoms with Gasteiger partial charge in [-0.25, -0.2) is 0 Å². The van der Waals surface area contributed by atoms with Crippen LogP contribution in [0.15, 0.2) is 0 Å². The van der Waals surface area contributed by atoms with E-state index in [0.29, 0.717) is 11.3 Å². The number of hydrogen-bond donors (Lipinski definition) is 1. The van der Waals surface area contributed by atoms with E-state index in [2.05, 4.69) is 6.92 Å². The van der Waals surface area contributed by atoms with Crippen LogP contribution in [0.2, 0.25) is 0 Å². The van der Waals surface area contributed by atoms with Crippen LogP contribution in [-0.4, -0.2) is 20.3 Å². The largest absolute Gasteiger partial charge is 0.384 e. The Balaban J connectivity index is 2.52. The van der Waals surface area contributed by atoms with Crippen LogP contribution in [0, 0.1) is 11.3 Å². The van der Waals surface area contributed by atoms with Crippen molar-refractivity contribution < 1.29 is 4.74 Å². The van der Waals surface area contributed by atoms with Gasteiger partial charge in [-0.15, -0.1) is 0 Å². The molecule has 0 heterocycles. The number of nitrogens with two attached hydrogens (primary N) is 1. The molecule has 0 aromatic rings. The van der Waals surface area contributed by atoms with Gasteiger partial charge in [0.2, 0.25) is 0 Å². The Labute approximate surface area is 75.5 Å². The number of ether oxygens (including phenoxy) is 1. The zero-order valence-corrected chi connectivity index (χ0v) is 8.31. The molecule has 1 unspecified atom stereocenters. The minimum Gasteiger partial charge on any atom is -0.384 e. The molecule has 1 aliphatic carbocycles. The Kier molecular flexibility index (Phi) is 3.53. The summed E-state index contributed by atoms with van der Waals surface area (Å²) in [7, 11) is 1.77. The normalized spacial score (nSPS) is 24.2. The van der Waals surface area contributed by atoms with Gasteiger partial charge in [-0.1, -0.05) is 19.8 Å². The third-order valence-corrected chi connectivity index (χ3v) is 3.47. The molecule has 0 aromatic heterocycles. The zero-order chi connectivity index (χ0) is 9.03. The van der Waals surface area contributed by atoms with Crippen LogP contribution >= 0.6 is 0 Å². The molecule has 2 heteroatoms. The van der Waals surface area contributed by atoms with Crippen molar-refractivity contribution in [2.45, 2.75) is 32.6 Å². The van der Waals surface area contributed by atoms with Crippen molar-refractivity contribution in [2.24, 2.45) is 17.1 Å². The topological polar surface area (TPSA) is 35.2 Å². The summed E-state index contributed by atoms with van der Waals surface area (Å²) >= 11 is 0. The molecule has 2 nitrogen and oxygen atoms in total. The Morgan fingerprint density at radius 3 is 2.42 bits per heavy atom. The van der Waals surface area contributed by atoms with E-state index in [4.69, 9.17) is 10.5 Å². The van der Waals surface area contributed by atoms with Gasteiger partial charge in [-0.05, 0) is 30.7 Å². The number of methoxy groups -OCH3 is 1. The van der Waals surface area contributed by atoms with Gasteiger partial charge in [-0.3, -0.25) is 0 Å². The van der Waals surface area contributed by atoms with Gasteiger partial charge in [-0.2, -0.15) is 0 Å². The van der Waals surface area contributed by atoms with Gasteiger partial charge >= 0.3 is 0 Å². The first-order valence-corrected chi connectivity index (χ1v) is 4.94. The molecule has 1 fully saturated rings. The quantitative estimate of drug-likeness (QED) is 0.700. The van der Waals surface area contributed by atoms with E-state index < -0.39 is 0 Å². The molecule has 12 heavy (non-hydrogen) atoms. The molecule has 0 saturated heterocycles. The number of rotatable bonds is 4. The highest BCUT2D eigenvalue weighted by atomic mass is 16.5. The minimum absolute atomic E-state index is 0.399. The Bertz CT molecular complexity index is 130. The van der Waals surface area contributed by atoms with Gasteiger partial charge in [0.05, 0.1) is 0 Å². The first-order valence-electron chi connectivity index (χ1n) is 4.94. The molecule has 0 amide bonds. The maximum Gasteiger partial charge on any atom is 0.0493 e. The Morgan fingerprint density at radius 1 is 1.42 bits per heavy atom. The summed E-state index contributed by atoms with van der Waals surface area (Å²) in [6.07, 6.45) is 5.30. The zero-order valence-electron chi connectivity index (χ0n) is 8.31. The Morgan fingerprint density at radius 2 is 2.00 bits per heavy atom. The molecule has 72 valence electrons. The predicted molar refractivity (Wildman–Crippen MR) is 51.0 cm³/mol. The lowest BCUT2D eigenvalue weighted by Gasteiger charge is -2.33. The molecule has 2 N–H and O–H groups in total. The van der Waals surface area contributed by atoms with E-state index in [1.165, 1.54) is 25.7 Å². The van der Waals surface area contributed by atoms with E-state index in [1.807, 2.05) is 0 Å². The molecular formula is C10H21NO. The fraction of sp³-hybridized carbons (Fsp3) is 1.00. The molecule has 1 atom stereocenters. The molecule has 1 aliphatic rings. The lowest BCUT2D eigenvalue weighted by Crippen LogP contribution is -2.36. The lowest BCUT2D eigenvalue weighted by atomic mass is 9.75. The van der Waals surface area contributed by atoms with Gasteiger partial charge < -0.3 is 10.5 Å². The SMILES string of the molecule is COCC(C)C1(CN)CCCC1. The molecule has 0 bridgehead atoms. The predicted octanol–water partition coefficient (Wildman–Crippen LogP) is 1.79. The Hall–Kier alpha value is -0.0800. The standard InChI is InChI=1S/C10H21NO/c1-9(7-12-2)10(8-11)5-3-4-6-10/h9H,3-8,11H2,1-2H3. The fourth-order valence-corrected chi connectivity index (χ4v) is 2.40. The maximum atomic E-state index is 5.84. The fourth-order valence-electron chi connectivity index (χ4n) is 2.40.